The van der Waals surface area contributed by atoms with Gasteiger partial charge in [0.2, 0.25) is 5.91 Å². The highest BCUT2D eigenvalue weighted by atomic mass is 16.2. The Bertz CT molecular complexity index is 1240. The van der Waals surface area contributed by atoms with Crippen LogP contribution in [0, 0.1) is 0 Å². The van der Waals surface area contributed by atoms with Crippen LogP contribution >= 0.6 is 0 Å². The number of hydrogen-bond donors (Lipinski definition) is 0. The van der Waals surface area contributed by atoms with Gasteiger partial charge in [0, 0.05) is 61.3 Å². The van der Waals surface area contributed by atoms with E-state index >= 15 is 0 Å². The van der Waals surface area contributed by atoms with Crippen molar-refractivity contribution in [3.63, 3.8) is 0 Å². The van der Waals surface area contributed by atoms with Crippen LogP contribution in [-0.2, 0) is 4.79 Å². The maximum Gasteiger partial charge on any atom is 0.246 e. The first-order valence-electron chi connectivity index (χ1n) is 14.0. The summed E-state index contributed by atoms with van der Waals surface area (Å²) in [7, 11) is 0. The van der Waals surface area contributed by atoms with Crippen LogP contribution in [0.1, 0.15) is 51.0 Å². The normalized spacial score (nSPS) is 21.9. The van der Waals surface area contributed by atoms with Gasteiger partial charge in [-0.2, -0.15) is 5.10 Å². The number of piperidine rings is 3. The first-order chi connectivity index (χ1) is 18.2. The predicted octanol–water partition coefficient (Wildman–Crippen LogP) is 4.90. The maximum atomic E-state index is 12.3. The van der Waals surface area contributed by atoms with E-state index in [0.717, 1.165) is 60.7 Å². The quantitative estimate of drug-likeness (QED) is 0.468. The van der Waals surface area contributed by atoms with E-state index in [9.17, 15) is 4.79 Å². The Kier molecular flexibility index (Phi) is 6.96. The fraction of sp³-hybridized carbons (Fsp3) is 0.500. The van der Waals surface area contributed by atoms with Crippen LogP contribution in [0.5, 0.6) is 0 Å². The first kappa shape index (κ1) is 24.2. The second kappa shape index (κ2) is 10.7. The Morgan fingerprint density at radius 2 is 1.68 bits per heavy atom. The number of benzene rings is 1. The topological polar surface area (TPSA) is 57.5 Å². The lowest BCUT2D eigenvalue weighted by Gasteiger charge is -2.41. The summed E-state index contributed by atoms with van der Waals surface area (Å²) in [6.45, 7) is 9.95. The van der Waals surface area contributed by atoms with E-state index in [2.05, 4.69) is 50.3 Å². The number of fused-ring (bicyclic) bond motifs is 1. The second-order valence-corrected chi connectivity index (χ2v) is 10.8. The Hall–Kier alpha value is -3.19. The molecular formula is C30H38N6O. The molecule has 1 amide bonds. The van der Waals surface area contributed by atoms with E-state index in [1.807, 2.05) is 23.4 Å². The zero-order valence-electron chi connectivity index (χ0n) is 21.8. The van der Waals surface area contributed by atoms with E-state index in [-0.39, 0.29) is 11.9 Å². The molecule has 1 unspecified atom stereocenters. The summed E-state index contributed by atoms with van der Waals surface area (Å²) in [6, 6.07) is 11.9. The van der Waals surface area contributed by atoms with Gasteiger partial charge in [-0.3, -0.25) is 14.5 Å². The smallest absolute Gasteiger partial charge is 0.246 e. The van der Waals surface area contributed by atoms with Gasteiger partial charge < -0.3 is 14.7 Å². The van der Waals surface area contributed by atoms with Gasteiger partial charge in [0.1, 0.15) is 5.69 Å². The molecular weight excluding hydrogens is 460 g/mol. The Labute approximate surface area is 219 Å². The third kappa shape index (κ3) is 4.89. The number of aromatic nitrogens is 3. The summed E-state index contributed by atoms with van der Waals surface area (Å²) in [6.07, 6.45) is 13.8. The molecule has 3 aliphatic rings. The van der Waals surface area contributed by atoms with Crippen molar-refractivity contribution in [1.29, 1.82) is 0 Å². The van der Waals surface area contributed by atoms with Crippen molar-refractivity contribution in [2.45, 2.75) is 57.0 Å². The van der Waals surface area contributed by atoms with Gasteiger partial charge in [0.15, 0.2) is 0 Å². The summed E-state index contributed by atoms with van der Waals surface area (Å²) < 4.78 is 2.12. The minimum absolute atomic E-state index is 0.00129. The number of carbonyl (C=O) groups excluding carboxylic acids is 1. The van der Waals surface area contributed by atoms with Crippen molar-refractivity contribution in [3.8, 4) is 11.3 Å². The molecule has 0 bridgehead atoms. The van der Waals surface area contributed by atoms with Crippen LogP contribution in [0.3, 0.4) is 0 Å². The molecule has 3 fully saturated rings. The first-order valence-corrected chi connectivity index (χ1v) is 14.0. The van der Waals surface area contributed by atoms with Crippen molar-refractivity contribution < 1.29 is 4.79 Å². The van der Waals surface area contributed by atoms with Gasteiger partial charge >= 0.3 is 0 Å². The lowest BCUT2D eigenvalue weighted by molar-refractivity contribution is -0.127. The molecule has 2 aromatic heterocycles. The molecule has 0 aliphatic carbocycles. The van der Waals surface area contributed by atoms with Crippen LogP contribution in [0.15, 0.2) is 55.4 Å². The van der Waals surface area contributed by atoms with Gasteiger partial charge in [0.05, 0.1) is 11.6 Å². The minimum atomic E-state index is -0.00129. The highest BCUT2D eigenvalue weighted by Gasteiger charge is 2.28. The van der Waals surface area contributed by atoms with Crippen LogP contribution in [0.2, 0.25) is 0 Å². The number of pyridine rings is 1. The Morgan fingerprint density at radius 3 is 2.43 bits per heavy atom. The van der Waals surface area contributed by atoms with E-state index in [1.165, 1.54) is 57.0 Å². The fourth-order valence-electron chi connectivity index (χ4n) is 6.56. The molecule has 1 aromatic carbocycles. The number of hydrogen-bond acceptors (Lipinski definition) is 5. The number of anilines is 1. The predicted molar refractivity (Wildman–Crippen MR) is 149 cm³/mol. The molecule has 1 atom stereocenters. The second-order valence-electron chi connectivity index (χ2n) is 10.8. The highest BCUT2D eigenvalue weighted by molar-refractivity contribution is 5.93. The number of amides is 1. The molecule has 194 valence electrons. The summed E-state index contributed by atoms with van der Waals surface area (Å²) in [5.74, 6) is -0.00129. The fourth-order valence-corrected chi connectivity index (χ4v) is 6.56. The zero-order chi connectivity index (χ0) is 25.2. The van der Waals surface area contributed by atoms with Gasteiger partial charge in [-0.25, -0.2) is 0 Å². The van der Waals surface area contributed by atoms with Gasteiger partial charge in [-0.1, -0.05) is 25.1 Å². The Balaban J connectivity index is 1.20. The SMILES string of the molecule is C=CC(=O)N1CCCC(n2nc(-c3ccc(N4CCC(N5CCCCC5)CC4)cc3)c3cnccc32)C1. The van der Waals surface area contributed by atoms with Crippen molar-refractivity contribution in [3.05, 3.63) is 55.4 Å². The average Bonchev–Trinajstić information content (AvgIpc) is 3.37. The van der Waals surface area contributed by atoms with Crippen molar-refractivity contribution in [2.75, 3.05) is 44.2 Å². The molecule has 3 saturated heterocycles. The number of rotatable bonds is 5. The Morgan fingerprint density at radius 1 is 0.892 bits per heavy atom. The van der Waals surface area contributed by atoms with Crippen LogP contribution < -0.4 is 4.90 Å². The molecule has 5 heterocycles. The van der Waals surface area contributed by atoms with Crippen molar-refractivity contribution in [2.24, 2.45) is 0 Å². The lowest BCUT2D eigenvalue weighted by atomic mass is 9.99. The van der Waals surface area contributed by atoms with Gasteiger partial charge in [-0.15, -0.1) is 0 Å². The van der Waals surface area contributed by atoms with E-state index in [1.54, 1.807) is 0 Å². The minimum Gasteiger partial charge on any atom is -0.371 e. The van der Waals surface area contributed by atoms with Crippen molar-refractivity contribution >= 4 is 22.5 Å². The molecule has 7 nitrogen and oxygen atoms in total. The molecule has 0 radical (unpaired) electrons. The van der Waals surface area contributed by atoms with E-state index < -0.39 is 0 Å². The number of likely N-dealkylation sites (tertiary alicyclic amines) is 2. The third-order valence-electron chi connectivity index (χ3n) is 8.61. The van der Waals surface area contributed by atoms with E-state index in [4.69, 9.17) is 5.10 Å². The molecule has 3 aromatic rings. The van der Waals surface area contributed by atoms with E-state index in [0.29, 0.717) is 6.54 Å². The van der Waals surface area contributed by atoms with Crippen LogP contribution in [-0.4, -0.2) is 75.8 Å². The highest BCUT2D eigenvalue weighted by Crippen LogP contribution is 2.33. The molecule has 6 rings (SSSR count). The average molecular weight is 499 g/mol. The summed E-state index contributed by atoms with van der Waals surface area (Å²) in [4.78, 5) is 23.8. The maximum absolute atomic E-state index is 12.3. The molecule has 0 N–H and O–H groups in total. The zero-order valence-corrected chi connectivity index (χ0v) is 21.8. The van der Waals surface area contributed by atoms with Gasteiger partial charge in [-0.05, 0) is 75.9 Å². The largest absolute Gasteiger partial charge is 0.371 e. The molecule has 0 saturated carbocycles. The molecule has 0 spiro atoms. The van der Waals surface area contributed by atoms with Crippen LogP contribution in [0.4, 0.5) is 5.69 Å². The molecule has 3 aliphatic heterocycles. The monoisotopic (exact) mass is 498 g/mol. The summed E-state index contributed by atoms with van der Waals surface area (Å²) in [5, 5.41) is 6.16. The van der Waals surface area contributed by atoms with Crippen molar-refractivity contribution in [1.82, 2.24) is 24.6 Å². The standard InChI is InChI=1S/C30H38N6O/c1-2-29(37)35-18-6-7-26(22-35)36-28-12-15-31-21-27(28)30(32-36)23-8-10-24(11-9-23)34-19-13-25(14-20-34)33-16-4-3-5-17-33/h2,8-12,15,21,25-26H,1,3-7,13-14,16-20,22H2. The molecule has 7 heteroatoms. The molecule has 37 heavy (non-hydrogen) atoms. The van der Waals surface area contributed by atoms with Crippen LogP contribution in [0.25, 0.3) is 22.2 Å². The number of carbonyl (C=O) groups is 1. The lowest BCUT2D eigenvalue weighted by Crippen LogP contribution is -2.46. The third-order valence-corrected chi connectivity index (χ3v) is 8.61. The summed E-state index contributed by atoms with van der Waals surface area (Å²) >= 11 is 0. The van der Waals surface area contributed by atoms with Gasteiger partial charge in [0.25, 0.3) is 0 Å². The summed E-state index contributed by atoms with van der Waals surface area (Å²) in [5.41, 5.74) is 4.45. The number of nitrogens with zero attached hydrogens (tertiary/aromatic N) is 6.